The number of aromatic nitrogens is 5. The van der Waals surface area contributed by atoms with E-state index in [9.17, 15) is 0 Å². The number of nitrogens with zero attached hydrogens (tertiary/aromatic N) is 5. The lowest BCUT2D eigenvalue weighted by atomic mass is 10.1. The van der Waals surface area contributed by atoms with Crippen LogP contribution in [0.1, 0.15) is 43.7 Å². The third-order valence-electron chi connectivity index (χ3n) is 2.94. The highest BCUT2D eigenvalue weighted by Gasteiger charge is 2.12. The summed E-state index contributed by atoms with van der Waals surface area (Å²) in [6, 6.07) is 0. The molecule has 2 rings (SSSR count). The summed E-state index contributed by atoms with van der Waals surface area (Å²) >= 11 is 0. The summed E-state index contributed by atoms with van der Waals surface area (Å²) in [5, 5.41) is 7.74. The molecule has 2 heterocycles. The van der Waals surface area contributed by atoms with Crippen molar-refractivity contribution in [2.75, 3.05) is 0 Å². The van der Waals surface area contributed by atoms with Gasteiger partial charge in [-0.2, -0.15) is 4.68 Å². The van der Waals surface area contributed by atoms with Gasteiger partial charge < -0.3 is 5.32 Å². The largest absolute Gasteiger partial charge is 0.308 e. The Morgan fingerprint density at radius 2 is 1.85 bits per heavy atom. The zero-order chi connectivity index (χ0) is 14.9. The normalized spacial score (nSPS) is 11.9. The van der Waals surface area contributed by atoms with Crippen LogP contribution in [0.3, 0.4) is 0 Å². The van der Waals surface area contributed by atoms with Gasteiger partial charge in [-0.1, -0.05) is 0 Å². The minimum Gasteiger partial charge on any atom is -0.308 e. The summed E-state index contributed by atoms with van der Waals surface area (Å²) in [5.74, 6) is 2.09. The van der Waals surface area contributed by atoms with Gasteiger partial charge in [0.25, 0.3) is 5.95 Å². The maximum atomic E-state index is 4.53. The van der Waals surface area contributed by atoms with Crippen LogP contribution in [0.25, 0.3) is 5.95 Å². The highest BCUT2D eigenvalue weighted by molar-refractivity contribution is 5.22. The summed E-state index contributed by atoms with van der Waals surface area (Å²) in [5.41, 5.74) is 2.13. The zero-order valence-electron chi connectivity index (χ0n) is 13.0. The van der Waals surface area contributed by atoms with E-state index in [-0.39, 0.29) is 5.54 Å². The molecule has 6 nitrogen and oxygen atoms in total. The van der Waals surface area contributed by atoms with E-state index in [2.05, 4.69) is 46.1 Å². The van der Waals surface area contributed by atoms with E-state index in [0.717, 1.165) is 29.5 Å². The average molecular weight is 274 g/mol. The summed E-state index contributed by atoms with van der Waals surface area (Å²) < 4.78 is 1.67. The van der Waals surface area contributed by atoms with Gasteiger partial charge in [0.1, 0.15) is 11.6 Å². The molecule has 0 amide bonds. The van der Waals surface area contributed by atoms with Crippen LogP contribution >= 0.6 is 0 Å². The number of aryl methyl sites for hydroxylation is 3. The first-order valence-corrected chi connectivity index (χ1v) is 6.74. The fourth-order valence-corrected chi connectivity index (χ4v) is 1.83. The zero-order valence-corrected chi connectivity index (χ0v) is 13.0. The highest BCUT2D eigenvalue weighted by atomic mass is 15.4. The first-order chi connectivity index (χ1) is 9.26. The molecular weight excluding hydrogens is 252 g/mol. The van der Waals surface area contributed by atoms with Gasteiger partial charge in [0.15, 0.2) is 0 Å². The standard InChI is InChI=1S/C14H22N6/c1-9-12(8-16-14(4,5)6)7-15-13(17-9)20-11(3)18-10(2)19-20/h7,16H,8H2,1-6H3. The molecule has 0 aliphatic rings. The van der Waals surface area contributed by atoms with E-state index >= 15 is 0 Å². The Hall–Kier alpha value is -1.82. The number of hydrogen-bond acceptors (Lipinski definition) is 5. The Labute approximate surface area is 119 Å². The van der Waals surface area contributed by atoms with E-state index in [1.165, 1.54) is 0 Å². The molecule has 1 N–H and O–H groups in total. The molecule has 0 saturated heterocycles. The van der Waals surface area contributed by atoms with Crippen LogP contribution in [-0.4, -0.2) is 30.3 Å². The Bertz CT molecular complexity index is 609. The lowest BCUT2D eigenvalue weighted by molar-refractivity contribution is 0.423. The average Bonchev–Trinajstić information content (AvgIpc) is 2.65. The van der Waals surface area contributed by atoms with E-state index in [1.54, 1.807) is 4.68 Å². The second kappa shape index (κ2) is 5.28. The van der Waals surface area contributed by atoms with Gasteiger partial charge in [-0.05, 0) is 41.5 Å². The molecule has 0 aromatic carbocycles. The predicted octanol–water partition coefficient (Wildman–Crippen LogP) is 1.87. The molecule has 108 valence electrons. The van der Waals surface area contributed by atoms with Gasteiger partial charge in [0.2, 0.25) is 0 Å². The Morgan fingerprint density at radius 1 is 1.15 bits per heavy atom. The Balaban J connectivity index is 2.24. The SMILES string of the molecule is Cc1nc(C)n(-c2ncc(CNC(C)(C)C)c(C)n2)n1. The third kappa shape index (κ3) is 3.39. The minimum atomic E-state index is 0.0741. The molecule has 0 bridgehead atoms. The predicted molar refractivity (Wildman–Crippen MR) is 77.8 cm³/mol. The molecule has 2 aromatic heterocycles. The van der Waals surface area contributed by atoms with Gasteiger partial charge in [-0.3, -0.25) is 0 Å². The number of hydrogen-bond donors (Lipinski definition) is 1. The Morgan fingerprint density at radius 3 is 2.35 bits per heavy atom. The lowest BCUT2D eigenvalue weighted by Crippen LogP contribution is -2.35. The first kappa shape index (κ1) is 14.6. The van der Waals surface area contributed by atoms with Crippen LogP contribution in [0, 0.1) is 20.8 Å². The maximum Gasteiger partial charge on any atom is 0.252 e. The van der Waals surface area contributed by atoms with Crippen molar-refractivity contribution in [1.82, 2.24) is 30.0 Å². The molecular formula is C14H22N6. The van der Waals surface area contributed by atoms with E-state index in [4.69, 9.17) is 0 Å². The van der Waals surface area contributed by atoms with Crippen molar-refractivity contribution in [3.05, 3.63) is 29.1 Å². The summed E-state index contributed by atoms with van der Waals surface area (Å²) in [6.07, 6.45) is 1.85. The summed E-state index contributed by atoms with van der Waals surface area (Å²) in [7, 11) is 0. The van der Waals surface area contributed by atoms with Crippen molar-refractivity contribution < 1.29 is 0 Å². The topological polar surface area (TPSA) is 68.5 Å². The van der Waals surface area contributed by atoms with Gasteiger partial charge in [-0.15, -0.1) is 5.10 Å². The van der Waals surface area contributed by atoms with E-state index in [0.29, 0.717) is 5.95 Å². The molecule has 20 heavy (non-hydrogen) atoms. The van der Waals surface area contributed by atoms with Crippen LogP contribution in [0.4, 0.5) is 0 Å². The molecule has 0 unspecified atom stereocenters. The second-order valence-electron chi connectivity index (χ2n) is 6.00. The maximum absolute atomic E-state index is 4.53. The highest BCUT2D eigenvalue weighted by Crippen LogP contribution is 2.10. The molecule has 0 fully saturated rings. The van der Waals surface area contributed by atoms with Crippen molar-refractivity contribution in [1.29, 1.82) is 0 Å². The van der Waals surface area contributed by atoms with Crippen LogP contribution in [0.2, 0.25) is 0 Å². The van der Waals surface area contributed by atoms with Gasteiger partial charge in [-0.25, -0.2) is 15.0 Å². The minimum absolute atomic E-state index is 0.0741. The van der Waals surface area contributed by atoms with Gasteiger partial charge >= 0.3 is 0 Å². The molecule has 0 spiro atoms. The van der Waals surface area contributed by atoms with Crippen LogP contribution < -0.4 is 5.32 Å². The molecule has 0 aliphatic carbocycles. The fourth-order valence-electron chi connectivity index (χ4n) is 1.83. The van der Waals surface area contributed by atoms with E-state index in [1.807, 2.05) is 27.0 Å². The second-order valence-corrected chi connectivity index (χ2v) is 6.00. The Kier molecular flexibility index (Phi) is 3.85. The van der Waals surface area contributed by atoms with Crippen molar-refractivity contribution in [3.63, 3.8) is 0 Å². The van der Waals surface area contributed by atoms with E-state index < -0.39 is 0 Å². The summed E-state index contributed by atoms with van der Waals surface area (Å²) in [6.45, 7) is 12.9. The van der Waals surface area contributed by atoms with Crippen LogP contribution in [0.15, 0.2) is 6.20 Å². The van der Waals surface area contributed by atoms with Gasteiger partial charge in [0.05, 0.1) is 0 Å². The smallest absolute Gasteiger partial charge is 0.252 e. The van der Waals surface area contributed by atoms with Crippen molar-refractivity contribution in [2.24, 2.45) is 0 Å². The molecule has 0 aliphatic heterocycles. The first-order valence-electron chi connectivity index (χ1n) is 6.74. The molecule has 0 radical (unpaired) electrons. The third-order valence-corrected chi connectivity index (χ3v) is 2.94. The summed E-state index contributed by atoms with van der Waals surface area (Å²) in [4.78, 5) is 13.2. The van der Waals surface area contributed by atoms with Crippen molar-refractivity contribution in [2.45, 2.75) is 53.6 Å². The molecule has 0 saturated carbocycles. The molecule has 6 heteroatoms. The van der Waals surface area contributed by atoms with Crippen molar-refractivity contribution >= 4 is 0 Å². The number of nitrogens with one attached hydrogen (secondary N) is 1. The van der Waals surface area contributed by atoms with Crippen LogP contribution in [-0.2, 0) is 6.54 Å². The molecule has 2 aromatic rings. The number of rotatable bonds is 3. The fraction of sp³-hybridized carbons (Fsp3) is 0.571. The molecule has 0 atom stereocenters. The quantitative estimate of drug-likeness (QED) is 0.925. The monoisotopic (exact) mass is 274 g/mol. The lowest BCUT2D eigenvalue weighted by Gasteiger charge is -2.21. The van der Waals surface area contributed by atoms with Gasteiger partial charge in [0, 0.05) is 29.5 Å². The van der Waals surface area contributed by atoms with Crippen molar-refractivity contribution in [3.8, 4) is 5.95 Å². The van der Waals surface area contributed by atoms with Crippen LogP contribution in [0.5, 0.6) is 0 Å².